The molecule has 2 amide bonds. The number of rotatable bonds is 8. The number of carbonyl (C=O) groups is 3. The molecule has 0 spiro atoms. The molecule has 0 saturated carbocycles. The molecule has 0 heterocycles. The number of benzene rings is 2. The van der Waals surface area contributed by atoms with Crippen LogP contribution in [0, 0.1) is 13.8 Å². The van der Waals surface area contributed by atoms with Gasteiger partial charge in [0.15, 0.2) is 0 Å². The van der Waals surface area contributed by atoms with Crippen molar-refractivity contribution in [2.75, 3.05) is 6.54 Å². The molecule has 2 aromatic rings. The van der Waals surface area contributed by atoms with Crippen molar-refractivity contribution in [2.24, 2.45) is 5.73 Å². The maximum atomic E-state index is 13.1. The summed E-state index contributed by atoms with van der Waals surface area (Å²) in [7, 11) is 0. The zero-order valence-corrected chi connectivity index (χ0v) is 16.2. The number of nitrogens with zero attached hydrogens (tertiary/aromatic N) is 1. The molecule has 0 unspecified atom stereocenters. The summed E-state index contributed by atoms with van der Waals surface area (Å²) < 4.78 is 0. The molecule has 0 aromatic heterocycles. The summed E-state index contributed by atoms with van der Waals surface area (Å²) in [4.78, 5) is 39.1. The Balaban J connectivity index is 2.44. The second-order valence-corrected chi connectivity index (χ2v) is 6.85. The summed E-state index contributed by atoms with van der Waals surface area (Å²) in [5.41, 5.74) is 7.98. The number of hydrogen-bond donors (Lipinski definition) is 2. The topological polar surface area (TPSA) is 101 Å². The molecule has 0 aliphatic heterocycles. The molecule has 28 heavy (non-hydrogen) atoms. The molecule has 2 rings (SSSR count). The van der Waals surface area contributed by atoms with Crippen LogP contribution in [0.2, 0.25) is 0 Å². The average molecular weight is 382 g/mol. The van der Waals surface area contributed by atoms with E-state index >= 15 is 0 Å². The van der Waals surface area contributed by atoms with Crippen LogP contribution in [0.3, 0.4) is 0 Å². The number of nitrogens with two attached hydrogens (primary N) is 1. The van der Waals surface area contributed by atoms with Crippen LogP contribution in [-0.2, 0) is 4.79 Å². The minimum absolute atomic E-state index is 0.155. The molecule has 3 N–H and O–H groups in total. The third-order valence-electron chi connectivity index (χ3n) is 4.56. The first-order chi connectivity index (χ1) is 13.3. The second kappa shape index (κ2) is 9.80. The van der Waals surface area contributed by atoms with Crippen molar-refractivity contribution in [1.82, 2.24) is 4.90 Å². The van der Waals surface area contributed by atoms with Gasteiger partial charge in [-0.25, -0.2) is 4.79 Å². The molecule has 2 aromatic carbocycles. The molecule has 0 saturated heterocycles. The Morgan fingerprint density at radius 2 is 1.29 bits per heavy atom. The van der Waals surface area contributed by atoms with Gasteiger partial charge in [-0.2, -0.15) is 0 Å². The van der Waals surface area contributed by atoms with E-state index in [0.717, 1.165) is 16.0 Å². The summed E-state index contributed by atoms with van der Waals surface area (Å²) in [6.07, 6.45) is 1.28. The third-order valence-corrected chi connectivity index (χ3v) is 4.56. The largest absolute Gasteiger partial charge is 0.480 e. The Labute approximate surface area is 165 Å². The van der Waals surface area contributed by atoms with Crippen molar-refractivity contribution in [2.45, 2.75) is 39.2 Å². The fourth-order valence-corrected chi connectivity index (χ4v) is 2.89. The van der Waals surface area contributed by atoms with Crippen LogP contribution in [0.4, 0.5) is 0 Å². The first-order valence-corrected chi connectivity index (χ1v) is 9.29. The van der Waals surface area contributed by atoms with Crippen molar-refractivity contribution in [3.8, 4) is 0 Å². The lowest BCUT2D eigenvalue weighted by Crippen LogP contribution is -2.48. The summed E-state index contributed by atoms with van der Waals surface area (Å²) in [5.74, 6) is -2.45. The van der Waals surface area contributed by atoms with E-state index in [9.17, 15) is 19.5 Å². The first kappa shape index (κ1) is 21.3. The molecule has 0 fully saturated rings. The zero-order chi connectivity index (χ0) is 20.7. The minimum Gasteiger partial charge on any atom is -0.480 e. The van der Waals surface area contributed by atoms with E-state index in [1.165, 1.54) is 0 Å². The Kier molecular flexibility index (Phi) is 7.46. The molecule has 0 aliphatic rings. The standard InChI is InChI=1S/C22H26N2O4/c1-15-6-10-17(11-7-15)20(25)24(19(22(27)28)5-3-4-14-23)21(26)18-12-8-16(2)9-13-18/h6-13,19H,3-5,14,23H2,1-2H3,(H,27,28)/t19-/m0/s1. The molecule has 0 bridgehead atoms. The zero-order valence-electron chi connectivity index (χ0n) is 16.2. The lowest BCUT2D eigenvalue weighted by molar-refractivity contribution is -0.141. The van der Waals surface area contributed by atoms with Crippen LogP contribution in [0.5, 0.6) is 0 Å². The molecular weight excluding hydrogens is 356 g/mol. The number of carbonyl (C=O) groups excluding carboxylic acids is 2. The maximum Gasteiger partial charge on any atom is 0.326 e. The van der Waals surface area contributed by atoms with E-state index in [1.54, 1.807) is 48.5 Å². The van der Waals surface area contributed by atoms with Crippen LogP contribution in [0.25, 0.3) is 0 Å². The Bertz CT molecular complexity index is 771. The third kappa shape index (κ3) is 5.27. The van der Waals surface area contributed by atoms with Gasteiger partial charge in [-0.1, -0.05) is 35.4 Å². The van der Waals surface area contributed by atoms with Gasteiger partial charge >= 0.3 is 5.97 Å². The number of imide groups is 1. The van der Waals surface area contributed by atoms with Gasteiger partial charge in [0.05, 0.1) is 0 Å². The van der Waals surface area contributed by atoms with Gasteiger partial charge in [0.25, 0.3) is 11.8 Å². The van der Waals surface area contributed by atoms with Crippen molar-refractivity contribution in [3.05, 3.63) is 70.8 Å². The number of amides is 2. The number of hydrogen-bond acceptors (Lipinski definition) is 4. The molecule has 6 nitrogen and oxygen atoms in total. The summed E-state index contributed by atoms with van der Waals surface area (Å²) in [6.45, 7) is 4.19. The fraction of sp³-hybridized carbons (Fsp3) is 0.318. The fourth-order valence-electron chi connectivity index (χ4n) is 2.89. The van der Waals surface area contributed by atoms with Gasteiger partial charge in [-0.3, -0.25) is 14.5 Å². The molecule has 0 aliphatic carbocycles. The monoisotopic (exact) mass is 382 g/mol. The predicted molar refractivity (Wildman–Crippen MR) is 107 cm³/mol. The SMILES string of the molecule is Cc1ccc(C(=O)N(C(=O)c2ccc(C)cc2)[C@@H](CCCCN)C(=O)O)cc1. The number of carboxylic acids is 1. The van der Waals surface area contributed by atoms with E-state index in [4.69, 9.17) is 5.73 Å². The molecule has 6 heteroatoms. The lowest BCUT2D eigenvalue weighted by atomic mass is 10.0. The minimum atomic E-state index is -1.26. The Morgan fingerprint density at radius 3 is 1.64 bits per heavy atom. The quantitative estimate of drug-likeness (QED) is 0.539. The second-order valence-electron chi connectivity index (χ2n) is 6.85. The van der Waals surface area contributed by atoms with E-state index < -0.39 is 23.8 Å². The number of unbranched alkanes of at least 4 members (excludes halogenated alkanes) is 1. The lowest BCUT2D eigenvalue weighted by Gasteiger charge is -2.27. The van der Waals surface area contributed by atoms with E-state index in [1.807, 2.05) is 13.8 Å². The van der Waals surface area contributed by atoms with Crippen molar-refractivity contribution in [3.63, 3.8) is 0 Å². The molecule has 0 radical (unpaired) electrons. The highest BCUT2D eigenvalue weighted by Gasteiger charge is 2.35. The number of aryl methyl sites for hydroxylation is 2. The summed E-state index contributed by atoms with van der Waals surface area (Å²) >= 11 is 0. The average Bonchev–Trinajstić information content (AvgIpc) is 2.67. The van der Waals surface area contributed by atoms with Crippen LogP contribution in [0.15, 0.2) is 48.5 Å². The van der Waals surface area contributed by atoms with Crippen molar-refractivity contribution >= 4 is 17.8 Å². The molecular formula is C22H26N2O4. The molecule has 1 atom stereocenters. The predicted octanol–water partition coefficient (Wildman–Crippen LogP) is 3.17. The van der Waals surface area contributed by atoms with Crippen LogP contribution in [-0.4, -0.2) is 40.4 Å². The summed E-state index contributed by atoms with van der Waals surface area (Å²) in [5, 5.41) is 9.75. The van der Waals surface area contributed by atoms with Crippen molar-refractivity contribution in [1.29, 1.82) is 0 Å². The Hall–Kier alpha value is -2.99. The highest BCUT2D eigenvalue weighted by molar-refractivity contribution is 6.12. The van der Waals surface area contributed by atoms with Crippen LogP contribution < -0.4 is 5.73 Å². The highest BCUT2D eigenvalue weighted by atomic mass is 16.4. The van der Waals surface area contributed by atoms with Crippen LogP contribution >= 0.6 is 0 Å². The van der Waals surface area contributed by atoms with Crippen molar-refractivity contribution < 1.29 is 19.5 Å². The highest BCUT2D eigenvalue weighted by Crippen LogP contribution is 2.19. The maximum absolute atomic E-state index is 13.1. The van der Waals surface area contributed by atoms with E-state index in [0.29, 0.717) is 19.4 Å². The number of carboxylic acid groups (broad SMARTS) is 1. The first-order valence-electron chi connectivity index (χ1n) is 9.29. The van der Waals surface area contributed by atoms with Crippen LogP contribution in [0.1, 0.15) is 51.1 Å². The van der Waals surface area contributed by atoms with E-state index in [2.05, 4.69) is 0 Å². The molecule has 148 valence electrons. The van der Waals surface area contributed by atoms with Gasteiger partial charge < -0.3 is 10.8 Å². The smallest absolute Gasteiger partial charge is 0.326 e. The summed E-state index contributed by atoms with van der Waals surface area (Å²) in [6, 6.07) is 12.2. The van der Waals surface area contributed by atoms with Gasteiger partial charge in [0, 0.05) is 11.1 Å². The van der Waals surface area contributed by atoms with Gasteiger partial charge in [-0.15, -0.1) is 0 Å². The Morgan fingerprint density at radius 1 is 0.857 bits per heavy atom. The number of aliphatic carboxylic acids is 1. The normalized spacial score (nSPS) is 11.7. The van der Waals surface area contributed by atoms with Gasteiger partial charge in [-0.05, 0) is 63.9 Å². The van der Waals surface area contributed by atoms with Gasteiger partial charge in [0.1, 0.15) is 6.04 Å². The van der Waals surface area contributed by atoms with E-state index in [-0.39, 0.29) is 17.5 Å². The van der Waals surface area contributed by atoms with Gasteiger partial charge in [0.2, 0.25) is 0 Å².